The number of rotatable bonds is 14. The fourth-order valence-electron chi connectivity index (χ4n) is 13.2. The lowest BCUT2D eigenvalue weighted by molar-refractivity contribution is -0.180. The van der Waals surface area contributed by atoms with Crippen LogP contribution in [0.5, 0.6) is 11.5 Å². The number of aliphatic hydroxyl groups excluding tert-OH is 2. The Morgan fingerprint density at radius 2 is 1.62 bits per heavy atom. The van der Waals surface area contributed by atoms with Crippen molar-refractivity contribution in [2.75, 3.05) is 33.9 Å². The zero-order valence-electron chi connectivity index (χ0n) is 34.2. The first-order chi connectivity index (χ1) is 26.9. The summed E-state index contributed by atoms with van der Waals surface area (Å²) in [4.78, 5) is 17.2. The summed E-state index contributed by atoms with van der Waals surface area (Å²) in [7, 11) is 3.30. The van der Waals surface area contributed by atoms with Gasteiger partial charge in [0.25, 0.3) is 0 Å². The molecule has 0 heterocycles. The van der Waals surface area contributed by atoms with E-state index < -0.39 is 22.5 Å². The first-order valence-electron chi connectivity index (χ1n) is 21.5. The molecule has 7 aliphatic carbocycles. The molecule has 0 aliphatic heterocycles. The maximum Gasteiger partial charge on any atom is 0.162 e. The highest BCUT2D eigenvalue weighted by Crippen LogP contribution is 2.78. The van der Waals surface area contributed by atoms with Crippen molar-refractivity contribution < 1.29 is 34.3 Å². The van der Waals surface area contributed by atoms with E-state index in [2.05, 4.69) is 37.0 Å². The lowest BCUT2D eigenvalue weighted by atomic mass is 9.32. The summed E-state index contributed by atoms with van der Waals surface area (Å²) in [5, 5.41) is 35.9. The average Bonchev–Trinajstić information content (AvgIpc) is 3.47. The predicted molar refractivity (Wildman–Crippen MR) is 217 cm³/mol. The Morgan fingerprint density at radius 3 is 2.38 bits per heavy atom. The van der Waals surface area contributed by atoms with Crippen LogP contribution in [-0.4, -0.2) is 77.7 Å². The van der Waals surface area contributed by atoms with Crippen LogP contribution < -0.4 is 9.47 Å². The van der Waals surface area contributed by atoms with Crippen LogP contribution in [0.3, 0.4) is 0 Å². The van der Waals surface area contributed by atoms with Crippen molar-refractivity contribution in [3.05, 3.63) is 83.5 Å². The second-order valence-corrected chi connectivity index (χ2v) is 19.0. The maximum absolute atomic E-state index is 15.0. The Hall–Kier alpha value is -3.01. The molecule has 0 saturated heterocycles. The summed E-state index contributed by atoms with van der Waals surface area (Å²) in [6, 6.07) is 15.8. The number of hydrogen-bond acceptors (Lipinski definition) is 8. The number of ketones is 1. The zero-order chi connectivity index (χ0) is 39.3. The molecule has 0 radical (unpaired) electrons. The van der Waals surface area contributed by atoms with E-state index in [1.165, 1.54) is 6.42 Å². The fraction of sp³-hybridized carbons (Fsp3) is 0.646. The van der Waals surface area contributed by atoms with Gasteiger partial charge in [-0.2, -0.15) is 0 Å². The number of Topliss-reactive ketones (excluding diaryl/α,β-unsaturated/α-hetero) is 1. The molecular weight excluding hydrogens is 703 g/mol. The number of hydrogen-bond donors (Lipinski definition) is 3. The monoisotopic (exact) mass is 767 g/mol. The van der Waals surface area contributed by atoms with Gasteiger partial charge in [-0.1, -0.05) is 87.7 Å². The van der Waals surface area contributed by atoms with Gasteiger partial charge in [0, 0.05) is 59.0 Å². The zero-order valence-corrected chi connectivity index (χ0v) is 34.2. The highest BCUT2D eigenvalue weighted by atomic mass is 16.5. The lowest BCUT2D eigenvalue weighted by Gasteiger charge is -2.71. The maximum atomic E-state index is 15.0. The molecule has 56 heavy (non-hydrogen) atoms. The summed E-state index contributed by atoms with van der Waals surface area (Å²) in [5.74, 6) is 2.18. The first-order valence-corrected chi connectivity index (χ1v) is 21.5. The largest absolute Gasteiger partial charge is 0.497 e. The number of aliphatic hydroxyl groups is 3. The standard InChI is InChI=1S/C48H65NO7/c1-44-20-17-36(50)26-46(44)23-24-48(39(27-46)43(52)34-13-9-6-10-14-34)41(44)18-21-45(2)42(48)19-22-47(45,53)32-49(28-35-15-16-38(54-3)25-40(35)55-4)29-37(51)31-56-30-33-11-7-5-8-12-33/h5,7-8,11-12,15-16,23-25,27,34,36-37,41-42,50-51,53H,6,9-10,13-14,17-22,26,28-32H2,1-4H3/t36?,37-,41-,42-,44-,45+,46+,47-,48-/m1/s1. The molecule has 3 N–H and O–H groups in total. The summed E-state index contributed by atoms with van der Waals surface area (Å²) in [6.45, 7) is 6.50. The topological polar surface area (TPSA) is 109 Å². The third kappa shape index (κ3) is 6.50. The van der Waals surface area contributed by atoms with Crippen LogP contribution in [-0.2, 0) is 22.7 Å². The number of carbonyl (C=O) groups is 1. The van der Waals surface area contributed by atoms with Crippen molar-refractivity contribution >= 4 is 5.78 Å². The third-order valence-corrected chi connectivity index (χ3v) is 16.2. The molecule has 2 spiro atoms. The number of benzene rings is 2. The lowest BCUT2D eigenvalue weighted by Crippen LogP contribution is -2.67. The Bertz CT molecular complexity index is 1810. The minimum absolute atomic E-state index is 0.0554. The molecule has 0 aromatic heterocycles. The number of carbonyl (C=O) groups excluding carboxylic acids is 1. The summed E-state index contributed by atoms with van der Waals surface area (Å²) in [5.41, 5.74) is 0.661. The Morgan fingerprint density at radius 1 is 0.893 bits per heavy atom. The Labute approximate surface area is 334 Å². The Kier molecular flexibility index (Phi) is 10.9. The molecule has 1 unspecified atom stereocenters. The van der Waals surface area contributed by atoms with E-state index in [0.717, 1.165) is 74.5 Å². The minimum atomic E-state index is -1.07. The van der Waals surface area contributed by atoms with Crippen molar-refractivity contribution in [2.45, 2.75) is 122 Å². The highest BCUT2D eigenvalue weighted by molar-refractivity contribution is 6.00. The smallest absolute Gasteiger partial charge is 0.162 e. The predicted octanol–water partition coefficient (Wildman–Crippen LogP) is 7.82. The van der Waals surface area contributed by atoms with Crippen molar-refractivity contribution in [2.24, 2.45) is 39.4 Å². The molecular formula is C48H65NO7. The van der Waals surface area contributed by atoms with E-state index in [1.54, 1.807) is 14.2 Å². The second-order valence-electron chi connectivity index (χ2n) is 19.0. The molecule has 9 atom stereocenters. The quantitative estimate of drug-likeness (QED) is 0.167. The fourth-order valence-corrected chi connectivity index (χ4v) is 13.2. The van der Waals surface area contributed by atoms with Crippen LogP contribution >= 0.6 is 0 Å². The van der Waals surface area contributed by atoms with Gasteiger partial charge in [-0.25, -0.2) is 0 Å². The van der Waals surface area contributed by atoms with Crippen LogP contribution in [0.4, 0.5) is 0 Å². The van der Waals surface area contributed by atoms with Crippen LogP contribution in [0.15, 0.2) is 72.3 Å². The minimum Gasteiger partial charge on any atom is -0.497 e. The Balaban J connectivity index is 1.11. The molecule has 8 nitrogen and oxygen atoms in total. The molecule has 2 aromatic rings. The number of nitrogens with zero attached hydrogens (tertiary/aromatic N) is 1. The third-order valence-electron chi connectivity index (χ3n) is 16.2. The van der Waals surface area contributed by atoms with Gasteiger partial charge in [-0.05, 0) is 86.7 Å². The first kappa shape index (κ1) is 39.8. The molecule has 2 aromatic carbocycles. The molecule has 7 aliphatic rings. The van der Waals surface area contributed by atoms with Gasteiger partial charge in [-0.3, -0.25) is 9.69 Å². The normalized spacial score (nSPS) is 36.7. The van der Waals surface area contributed by atoms with Crippen LogP contribution in [0, 0.1) is 39.4 Å². The van der Waals surface area contributed by atoms with Gasteiger partial charge < -0.3 is 29.5 Å². The summed E-state index contributed by atoms with van der Waals surface area (Å²) >= 11 is 0. The summed E-state index contributed by atoms with van der Waals surface area (Å²) in [6.07, 6.45) is 17.1. The van der Waals surface area contributed by atoms with Crippen molar-refractivity contribution in [3.8, 4) is 11.5 Å². The van der Waals surface area contributed by atoms with Gasteiger partial charge >= 0.3 is 0 Å². The van der Waals surface area contributed by atoms with E-state index in [-0.39, 0.29) is 41.3 Å². The highest BCUT2D eigenvalue weighted by Gasteiger charge is 2.74. The molecule has 304 valence electrons. The number of fused-ring (bicyclic) bond motifs is 1. The van der Waals surface area contributed by atoms with E-state index in [1.807, 2.05) is 48.5 Å². The van der Waals surface area contributed by atoms with Crippen molar-refractivity contribution in [1.82, 2.24) is 4.90 Å². The van der Waals surface area contributed by atoms with Crippen molar-refractivity contribution in [1.29, 1.82) is 0 Å². The SMILES string of the molecule is COc1ccc(CN(C[C@@H](O)COCc2ccccc2)C[C@]2(O)CC[C@H]3[C@]45C=C[C@@]6(C=C4C(=O)C4CCCCC4)CC(O)CC[C@]6(C)[C@H]5CC[C@@]32C)c(OC)c1. The van der Waals surface area contributed by atoms with Crippen LogP contribution in [0.1, 0.15) is 102 Å². The number of methoxy groups -OCH3 is 2. The molecule has 4 fully saturated rings. The van der Waals surface area contributed by atoms with E-state index in [0.29, 0.717) is 56.4 Å². The van der Waals surface area contributed by atoms with Gasteiger partial charge in [-0.15, -0.1) is 0 Å². The molecule has 2 bridgehead atoms. The average molecular weight is 768 g/mol. The second kappa shape index (κ2) is 15.3. The van der Waals surface area contributed by atoms with Crippen LogP contribution in [0.2, 0.25) is 0 Å². The van der Waals surface area contributed by atoms with Crippen molar-refractivity contribution in [3.63, 3.8) is 0 Å². The van der Waals surface area contributed by atoms with Gasteiger partial charge in [0.1, 0.15) is 11.5 Å². The van der Waals surface area contributed by atoms with E-state index in [9.17, 15) is 20.1 Å². The van der Waals surface area contributed by atoms with Gasteiger partial charge in [0.15, 0.2) is 5.78 Å². The molecule has 4 saturated carbocycles. The molecule has 9 rings (SSSR count). The molecule has 0 amide bonds. The number of ether oxygens (including phenoxy) is 3. The summed E-state index contributed by atoms with van der Waals surface area (Å²) < 4.78 is 17.3. The van der Waals surface area contributed by atoms with Gasteiger partial charge in [0.05, 0.1) is 45.2 Å². The van der Waals surface area contributed by atoms with E-state index >= 15 is 0 Å². The van der Waals surface area contributed by atoms with Crippen LogP contribution in [0.25, 0.3) is 0 Å². The number of allylic oxidation sites excluding steroid dienone is 4. The van der Waals surface area contributed by atoms with E-state index in [4.69, 9.17) is 14.2 Å². The van der Waals surface area contributed by atoms with Gasteiger partial charge in [0.2, 0.25) is 0 Å². The molecule has 8 heteroatoms.